The van der Waals surface area contributed by atoms with Crippen LogP contribution in [0.1, 0.15) is 18.4 Å². The first-order chi connectivity index (χ1) is 10.6. The Morgan fingerprint density at radius 1 is 1.27 bits per heavy atom. The lowest BCUT2D eigenvalue weighted by molar-refractivity contribution is -0.135. The van der Waals surface area contributed by atoms with Gasteiger partial charge in [0.2, 0.25) is 0 Å². The summed E-state index contributed by atoms with van der Waals surface area (Å²) < 4.78 is 15.2. The molecule has 6 heteroatoms. The predicted molar refractivity (Wildman–Crippen MR) is 79.2 cm³/mol. The molecule has 1 aliphatic heterocycles. The number of fused-ring (bicyclic) bond motifs is 1. The average Bonchev–Trinajstić information content (AvgIpc) is 3.31. The lowest BCUT2D eigenvalue weighted by atomic mass is 10.1. The van der Waals surface area contributed by atoms with Crippen LogP contribution in [-0.4, -0.2) is 37.5 Å². The third-order valence-electron chi connectivity index (χ3n) is 3.65. The lowest BCUT2D eigenvalue weighted by Crippen LogP contribution is -2.38. The smallest absolute Gasteiger partial charge is 0.356 e. The highest BCUT2D eigenvalue weighted by molar-refractivity contribution is 6.41. The second-order valence-electron chi connectivity index (χ2n) is 5.13. The van der Waals surface area contributed by atoms with E-state index >= 15 is 0 Å². The van der Waals surface area contributed by atoms with E-state index in [4.69, 9.17) is 9.47 Å². The van der Waals surface area contributed by atoms with Crippen molar-refractivity contribution in [1.29, 1.82) is 0 Å². The minimum Gasteiger partial charge on any atom is -0.478 e. The van der Waals surface area contributed by atoms with Crippen LogP contribution >= 0.6 is 0 Å². The summed E-state index contributed by atoms with van der Waals surface area (Å²) in [5, 5.41) is 0. The van der Waals surface area contributed by atoms with Crippen LogP contribution in [0.15, 0.2) is 29.3 Å². The normalized spacial score (nSPS) is 17.5. The molecule has 0 unspecified atom stereocenters. The van der Waals surface area contributed by atoms with Gasteiger partial charge >= 0.3 is 11.9 Å². The number of nitrogens with zero attached hydrogens (tertiary/aromatic N) is 1. The molecule has 2 aliphatic rings. The van der Waals surface area contributed by atoms with E-state index in [0.29, 0.717) is 17.1 Å². The fourth-order valence-electron chi connectivity index (χ4n) is 2.31. The van der Waals surface area contributed by atoms with Gasteiger partial charge in [-0.2, -0.15) is 0 Å². The molecule has 1 fully saturated rings. The summed E-state index contributed by atoms with van der Waals surface area (Å²) >= 11 is 0. The standard InChI is InChI=1S/C16H15NO5/c1-20-13(18)6-4-10-3-5-12-11(9-10)17-14(15(19)21-2)16(22-12)7-8-16/h3-6,9H,7-8H2,1-2H3/b6-4+. The highest BCUT2D eigenvalue weighted by atomic mass is 16.5. The fourth-order valence-corrected chi connectivity index (χ4v) is 2.31. The molecule has 3 rings (SSSR count). The van der Waals surface area contributed by atoms with Gasteiger partial charge < -0.3 is 14.2 Å². The van der Waals surface area contributed by atoms with E-state index in [1.807, 2.05) is 6.07 Å². The molecule has 6 nitrogen and oxygen atoms in total. The quantitative estimate of drug-likeness (QED) is 0.631. The Morgan fingerprint density at radius 2 is 2.05 bits per heavy atom. The van der Waals surface area contributed by atoms with Gasteiger partial charge in [-0.3, -0.25) is 0 Å². The molecule has 0 amide bonds. The van der Waals surface area contributed by atoms with E-state index in [2.05, 4.69) is 9.73 Å². The Balaban J connectivity index is 1.94. The number of ether oxygens (including phenoxy) is 3. The van der Waals surface area contributed by atoms with Gasteiger partial charge in [0.25, 0.3) is 0 Å². The van der Waals surface area contributed by atoms with Crippen LogP contribution in [0.3, 0.4) is 0 Å². The molecular formula is C16H15NO5. The zero-order chi connectivity index (χ0) is 15.7. The van der Waals surface area contributed by atoms with E-state index in [0.717, 1.165) is 18.4 Å². The first-order valence-corrected chi connectivity index (χ1v) is 6.84. The SMILES string of the molecule is COC(=O)/C=C/c1ccc2c(c1)N=C(C(=O)OC)C1(CC1)O2. The summed E-state index contributed by atoms with van der Waals surface area (Å²) in [7, 11) is 2.64. The number of carbonyl (C=O) groups is 2. The minimum atomic E-state index is -0.622. The Hall–Kier alpha value is -2.63. The first kappa shape index (κ1) is 14.3. The molecule has 1 saturated carbocycles. The van der Waals surface area contributed by atoms with Gasteiger partial charge in [0.1, 0.15) is 11.4 Å². The van der Waals surface area contributed by atoms with Crippen LogP contribution < -0.4 is 4.74 Å². The number of benzene rings is 1. The van der Waals surface area contributed by atoms with Crippen molar-refractivity contribution in [2.75, 3.05) is 14.2 Å². The zero-order valence-electron chi connectivity index (χ0n) is 12.3. The van der Waals surface area contributed by atoms with E-state index in [1.54, 1.807) is 18.2 Å². The van der Waals surface area contributed by atoms with Crippen molar-refractivity contribution in [1.82, 2.24) is 0 Å². The summed E-state index contributed by atoms with van der Waals surface area (Å²) in [5.41, 5.74) is 0.984. The number of methoxy groups -OCH3 is 2. The van der Waals surface area contributed by atoms with Crippen LogP contribution in [0.5, 0.6) is 5.75 Å². The van der Waals surface area contributed by atoms with Gasteiger partial charge in [-0.15, -0.1) is 0 Å². The minimum absolute atomic E-state index is 0.302. The van der Waals surface area contributed by atoms with Crippen LogP contribution in [0.25, 0.3) is 6.08 Å². The molecule has 0 atom stereocenters. The molecule has 1 aromatic rings. The molecule has 22 heavy (non-hydrogen) atoms. The van der Waals surface area contributed by atoms with Gasteiger partial charge in [-0.25, -0.2) is 14.6 Å². The largest absolute Gasteiger partial charge is 0.478 e. The molecule has 1 heterocycles. The third kappa shape index (κ3) is 2.47. The Bertz CT molecular complexity index is 700. The average molecular weight is 301 g/mol. The summed E-state index contributed by atoms with van der Waals surface area (Å²) in [6, 6.07) is 5.34. The van der Waals surface area contributed by atoms with Crippen LogP contribution in [0.2, 0.25) is 0 Å². The van der Waals surface area contributed by atoms with Gasteiger partial charge in [0, 0.05) is 6.08 Å². The summed E-state index contributed by atoms with van der Waals surface area (Å²) in [4.78, 5) is 27.4. The van der Waals surface area contributed by atoms with Gasteiger partial charge in [0.05, 0.1) is 14.2 Å². The molecule has 1 aromatic carbocycles. The maximum absolute atomic E-state index is 11.9. The fraction of sp³-hybridized carbons (Fsp3) is 0.312. The molecule has 0 aromatic heterocycles. The predicted octanol–water partition coefficient (Wildman–Crippen LogP) is 2.04. The number of hydrogen-bond acceptors (Lipinski definition) is 6. The second-order valence-corrected chi connectivity index (χ2v) is 5.13. The summed E-state index contributed by atoms with van der Waals surface area (Å²) in [6.07, 6.45) is 4.44. The van der Waals surface area contributed by atoms with Crippen molar-refractivity contribution >= 4 is 29.4 Å². The molecular weight excluding hydrogens is 286 g/mol. The molecule has 1 spiro atoms. The van der Waals surface area contributed by atoms with E-state index in [9.17, 15) is 9.59 Å². The lowest BCUT2D eigenvalue weighted by Gasteiger charge is -2.24. The van der Waals surface area contributed by atoms with E-state index in [-0.39, 0.29) is 0 Å². The molecule has 0 bridgehead atoms. The van der Waals surface area contributed by atoms with Gasteiger partial charge in [-0.05, 0) is 36.6 Å². The highest BCUT2D eigenvalue weighted by Gasteiger charge is 2.55. The number of hydrogen-bond donors (Lipinski definition) is 0. The first-order valence-electron chi connectivity index (χ1n) is 6.84. The van der Waals surface area contributed by atoms with Crippen LogP contribution in [0, 0.1) is 0 Å². The Labute approximate surface area is 127 Å². The number of aliphatic imine (C=N–C) groups is 1. The number of rotatable bonds is 3. The van der Waals surface area contributed by atoms with E-state index in [1.165, 1.54) is 20.3 Å². The van der Waals surface area contributed by atoms with E-state index < -0.39 is 17.5 Å². The Morgan fingerprint density at radius 3 is 2.68 bits per heavy atom. The van der Waals surface area contributed by atoms with Crippen molar-refractivity contribution in [3.05, 3.63) is 29.8 Å². The summed E-state index contributed by atoms with van der Waals surface area (Å²) in [6.45, 7) is 0. The molecule has 0 N–H and O–H groups in total. The topological polar surface area (TPSA) is 74.2 Å². The third-order valence-corrected chi connectivity index (χ3v) is 3.65. The monoisotopic (exact) mass is 301 g/mol. The maximum atomic E-state index is 11.9. The van der Waals surface area contributed by atoms with Crippen LogP contribution in [-0.2, 0) is 19.1 Å². The Kier molecular flexibility index (Phi) is 3.44. The van der Waals surface area contributed by atoms with Crippen molar-refractivity contribution in [2.24, 2.45) is 4.99 Å². The van der Waals surface area contributed by atoms with Crippen molar-refractivity contribution < 1.29 is 23.8 Å². The maximum Gasteiger partial charge on any atom is 0.356 e. The summed E-state index contributed by atoms with van der Waals surface area (Å²) in [5.74, 6) is -0.288. The van der Waals surface area contributed by atoms with Crippen molar-refractivity contribution in [2.45, 2.75) is 18.4 Å². The van der Waals surface area contributed by atoms with Gasteiger partial charge in [-0.1, -0.05) is 6.07 Å². The van der Waals surface area contributed by atoms with Crippen LogP contribution in [0.4, 0.5) is 5.69 Å². The molecule has 0 saturated heterocycles. The number of esters is 2. The molecule has 114 valence electrons. The zero-order valence-corrected chi connectivity index (χ0v) is 12.3. The number of carbonyl (C=O) groups excluding carboxylic acids is 2. The van der Waals surface area contributed by atoms with Crippen molar-refractivity contribution in [3.63, 3.8) is 0 Å². The van der Waals surface area contributed by atoms with Crippen molar-refractivity contribution in [3.8, 4) is 5.75 Å². The molecule has 1 aliphatic carbocycles. The second kappa shape index (κ2) is 5.29. The highest BCUT2D eigenvalue weighted by Crippen LogP contribution is 2.48. The molecule has 0 radical (unpaired) electrons. The van der Waals surface area contributed by atoms with Gasteiger partial charge in [0.15, 0.2) is 11.3 Å².